The van der Waals surface area contributed by atoms with Crippen molar-refractivity contribution in [2.24, 2.45) is 17.8 Å². The van der Waals surface area contributed by atoms with Crippen LogP contribution in [0.1, 0.15) is 75.8 Å². The van der Waals surface area contributed by atoms with Crippen molar-refractivity contribution in [2.75, 3.05) is 0 Å². The van der Waals surface area contributed by atoms with Crippen LogP contribution >= 0.6 is 0 Å². The van der Waals surface area contributed by atoms with Gasteiger partial charge in [0, 0.05) is 0 Å². The Kier molecular flexibility index (Phi) is 5.71. The first kappa shape index (κ1) is 16.9. The Labute approximate surface area is 139 Å². The Hall–Kier alpha value is -0.920. The maximum atomic E-state index is 13.8. The molecular weight excluding hydrogens is 290 g/mol. The average molecular weight is 320 g/mol. The zero-order chi connectivity index (χ0) is 16.2. The fourth-order valence-corrected chi connectivity index (χ4v) is 4.79. The second-order valence-corrected chi connectivity index (χ2v) is 7.86. The van der Waals surface area contributed by atoms with Crippen molar-refractivity contribution in [3.63, 3.8) is 0 Å². The predicted octanol–water partition coefficient (Wildman–Crippen LogP) is 6.46. The van der Waals surface area contributed by atoms with Gasteiger partial charge in [0.05, 0.1) is 0 Å². The second kappa shape index (κ2) is 7.77. The summed E-state index contributed by atoms with van der Waals surface area (Å²) in [4.78, 5) is 0. The van der Waals surface area contributed by atoms with Crippen LogP contribution in [0.4, 0.5) is 8.78 Å². The SMILES string of the molecule is CCCC1CCC(CCC2CCc3c(ccc(F)c3F)C2)CC1. The fraction of sp³-hybridized carbons (Fsp3) is 0.714. The molecule has 23 heavy (non-hydrogen) atoms. The lowest BCUT2D eigenvalue weighted by atomic mass is 9.75. The van der Waals surface area contributed by atoms with Crippen LogP contribution in [0.5, 0.6) is 0 Å². The summed E-state index contributed by atoms with van der Waals surface area (Å²) in [6.45, 7) is 2.29. The van der Waals surface area contributed by atoms with Gasteiger partial charge in [-0.2, -0.15) is 0 Å². The van der Waals surface area contributed by atoms with E-state index >= 15 is 0 Å². The van der Waals surface area contributed by atoms with E-state index in [4.69, 9.17) is 0 Å². The highest BCUT2D eigenvalue weighted by Crippen LogP contribution is 2.37. The minimum Gasteiger partial charge on any atom is -0.204 e. The molecule has 1 aromatic rings. The molecular formula is C21H30F2. The van der Waals surface area contributed by atoms with Crippen LogP contribution in [-0.2, 0) is 12.8 Å². The van der Waals surface area contributed by atoms with E-state index in [1.54, 1.807) is 6.07 Å². The van der Waals surface area contributed by atoms with Crippen molar-refractivity contribution in [3.05, 3.63) is 34.9 Å². The highest BCUT2D eigenvalue weighted by molar-refractivity contribution is 5.32. The van der Waals surface area contributed by atoms with Crippen molar-refractivity contribution >= 4 is 0 Å². The quantitative estimate of drug-likeness (QED) is 0.584. The Balaban J connectivity index is 1.46. The van der Waals surface area contributed by atoms with Gasteiger partial charge < -0.3 is 0 Å². The molecule has 0 nitrogen and oxygen atoms in total. The van der Waals surface area contributed by atoms with Crippen LogP contribution in [-0.4, -0.2) is 0 Å². The summed E-state index contributed by atoms with van der Waals surface area (Å²) in [5, 5.41) is 0. The number of fused-ring (bicyclic) bond motifs is 1. The van der Waals surface area contributed by atoms with Crippen molar-refractivity contribution in [2.45, 2.75) is 77.6 Å². The first-order chi connectivity index (χ1) is 11.2. The van der Waals surface area contributed by atoms with E-state index in [1.165, 1.54) is 57.4 Å². The molecule has 2 heteroatoms. The van der Waals surface area contributed by atoms with E-state index in [-0.39, 0.29) is 0 Å². The van der Waals surface area contributed by atoms with E-state index in [1.807, 2.05) is 0 Å². The maximum absolute atomic E-state index is 13.8. The van der Waals surface area contributed by atoms with Crippen LogP contribution in [0, 0.1) is 29.4 Å². The molecule has 0 N–H and O–H groups in total. The third-order valence-electron chi connectivity index (χ3n) is 6.25. The zero-order valence-corrected chi connectivity index (χ0v) is 14.4. The van der Waals surface area contributed by atoms with E-state index in [0.29, 0.717) is 17.9 Å². The van der Waals surface area contributed by atoms with Gasteiger partial charge in [0.1, 0.15) is 0 Å². The molecule has 1 unspecified atom stereocenters. The minimum atomic E-state index is -0.689. The summed E-state index contributed by atoms with van der Waals surface area (Å²) in [6, 6.07) is 3.10. The smallest absolute Gasteiger partial charge is 0.162 e. The molecule has 3 rings (SSSR count). The molecule has 1 atom stereocenters. The molecule has 0 saturated heterocycles. The van der Waals surface area contributed by atoms with Gasteiger partial charge in [0.2, 0.25) is 0 Å². The third-order valence-corrected chi connectivity index (χ3v) is 6.25. The van der Waals surface area contributed by atoms with Gasteiger partial charge >= 0.3 is 0 Å². The highest BCUT2D eigenvalue weighted by Gasteiger charge is 2.25. The molecule has 128 valence electrons. The van der Waals surface area contributed by atoms with E-state index in [9.17, 15) is 8.78 Å². The van der Waals surface area contributed by atoms with Gasteiger partial charge in [0.25, 0.3) is 0 Å². The molecule has 0 bridgehead atoms. The van der Waals surface area contributed by atoms with Gasteiger partial charge in [-0.3, -0.25) is 0 Å². The topological polar surface area (TPSA) is 0 Å². The van der Waals surface area contributed by atoms with Crippen LogP contribution in [0.3, 0.4) is 0 Å². The lowest BCUT2D eigenvalue weighted by molar-refractivity contribution is 0.235. The maximum Gasteiger partial charge on any atom is 0.162 e. The highest BCUT2D eigenvalue weighted by atomic mass is 19.2. The summed E-state index contributed by atoms with van der Waals surface area (Å²) in [5.74, 6) is 1.27. The Morgan fingerprint density at radius 3 is 2.22 bits per heavy atom. The fourth-order valence-electron chi connectivity index (χ4n) is 4.79. The largest absolute Gasteiger partial charge is 0.204 e. The van der Waals surface area contributed by atoms with Gasteiger partial charge in [0.15, 0.2) is 11.6 Å². The molecule has 0 aromatic heterocycles. The summed E-state index contributed by atoms with van der Waals surface area (Å²) in [5.41, 5.74) is 1.69. The Bertz CT molecular complexity index is 515. The van der Waals surface area contributed by atoms with Crippen LogP contribution in [0.2, 0.25) is 0 Å². The molecule has 0 heterocycles. The van der Waals surface area contributed by atoms with Crippen molar-refractivity contribution in [1.29, 1.82) is 0 Å². The minimum absolute atomic E-state index is 0.602. The summed E-state index contributed by atoms with van der Waals surface area (Å²) < 4.78 is 27.1. The molecule has 1 aromatic carbocycles. The molecule has 0 radical (unpaired) electrons. The van der Waals surface area contributed by atoms with Crippen molar-refractivity contribution in [1.82, 2.24) is 0 Å². The molecule has 1 fully saturated rings. The normalized spacial score (nSPS) is 27.7. The zero-order valence-electron chi connectivity index (χ0n) is 14.4. The number of halogens is 2. The lowest BCUT2D eigenvalue weighted by Gasteiger charge is -2.30. The number of hydrogen-bond acceptors (Lipinski definition) is 0. The van der Waals surface area contributed by atoms with Crippen LogP contribution in [0.15, 0.2) is 12.1 Å². The molecule has 1 saturated carbocycles. The van der Waals surface area contributed by atoms with E-state index < -0.39 is 11.6 Å². The number of rotatable bonds is 5. The average Bonchev–Trinajstić information content (AvgIpc) is 2.58. The summed E-state index contributed by atoms with van der Waals surface area (Å²) in [7, 11) is 0. The Morgan fingerprint density at radius 2 is 1.52 bits per heavy atom. The van der Waals surface area contributed by atoms with Crippen LogP contribution < -0.4 is 0 Å². The number of hydrogen-bond donors (Lipinski definition) is 0. The monoisotopic (exact) mass is 320 g/mol. The van der Waals surface area contributed by atoms with Crippen LogP contribution in [0.25, 0.3) is 0 Å². The standard InChI is InChI=1S/C21H30F2/c1-2-3-15-4-6-16(7-5-15)8-9-17-10-12-19-18(14-17)11-13-20(22)21(19)23/h11,13,15-17H,2-10,12,14H2,1H3. The molecule has 2 aliphatic rings. The summed E-state index contributed by atoms with van der Waals surface area (Å²) >= 11 is 0. The Morgan fingerprint density at radius 1 is 0.870 bits per heavy atom. The van der Waals surface area contributed by atoms with Gasteiger partial charge in [-0.1, -0.05) is 57.9 Å². The lowest BCUT2D eigenvalue weighted by Crippen LogP contribution is -2.19. The second-order valence-electron chi connectivity index (χ2n) is 7.86. The molecule has 2 aliphatic carbocycles. The van der Waals surface area contributed by atoms with Crippen molar-refractivity contribution < 1.29 is 8.78 Å². The van der Waals surface area contributed by atoms with Crippen molar-refractivity contribution in [3.8, 4) is 0 Å². The van der Waals surface area contributed by atoms with E-state index in [2.05, 4.69) is 6.92 Å². The van der Waals surface area contributed by atoms with Gasteiger partial charge in [-0.25, -0.2) is 8.78 Å². The predicted molar refractivity (Wildman–Crippen MR) is 91.5 cm³/mol. The molecule has 0 aliphatic heterocycles. The molecule has 0 spiro atoms. The van der Waals surface area contributed by atoms with Gasteiger partial charge in [-0.15, -0.1) is 0 Å². The van der Waals surface area contributed by atoms with E-state index in [0.717, 1.165) is 30.2 Å². The molecule has 0 amide bonds. The van der Waals surface area contributed by atoms with Gasteiger partial charge in [-0.05, 0) is 60.6 Å². The summed E-state index contributed by atoms with van der Waals surface area (Å²) in [6.07, 6.45) is 13.7. The number of benzene rings is 1. The first-order valence-electron chi connectivity index (χ1n) is 9.63. The first-order valence-corrected chi connectivity index (χ1v) is 9.63. The third kappa shape index (κ3) is 4.14.